The lowest BCUT2D eigenvalue weighted by molar-refractivity contribution is 0.623. The van der Waals surface area contributed by atoms with Crippen LogP contribution in [0.3, 0.4) is 0 Å². The predicted molar refractivity (Wildman–Crippen MR) is 62.6 cm³/mol. The highest BCUT2D eigenvalue weighted by molar-refractivity contribution is 6.35. The van der Waals surface area contributed by atoms with E-state index in [4.69, 9.17) is 17.3 Å². The molecule has 0 spiro atoms. The first kappa shape index (κ1) is 10.9. The van der Waals surface area contributed by atoms with Crippen molar-refractivity contribution in [2.45, 2.75) is 6.67 Å². The zero-order valence-electron chi connectivity index (χ0n) is 8.61. The van der Waals surface area contributed by atoms with Crippen molar-refractivity contribution < 1.29 is 0 Å². The molecule has 0 fully saturated rings. The molecule has 0 bridgehead atoms. The molecule has 0 aliphatic heterocycles. The summed E-state index contributed by atoms with van der Waals surface area (Å²) in [6.45, 7) is -0.160. The maximum atomic E-state index is 11.9. The molecule has 1 heterocycles. The summed E-state index contributed by atoms with van der Waals surface area (Å²) in [5.74, 6) is 0. The van der Waals surface area contributed by atoms with Crippen LogP contribution < -0.4 is 17.0 Å². The first-order valence-electron chi connectivity index (χ1n) is 4.66. The van der Waals surface area contributed by atoms with Gasteiger partial charge < -0.3 is 5.73 Å². The number of hydrogen-bond acceptors (Lipinski definition) is 3. The van der Waals surface area contributed by atoms with Crippen molar-refractivity contribution >= 4 is 22.5 Å². The van der Waals surface area contributed by atoms with Crippen LogP contribution in [0.15, 0.2) is 27.8 Å². The molecule has 1 aromatic carbocycles. The summed E-state index contributed by atoms with van der Waals surface area (Å²) < 4.78 is 2.31. The summed E-state index contributed by atoms with van der Waals surface area (Å²) in [7, 11) is 1.58. The number of aryl methyl sites for hydroxylation is 1. The molecule has 6 heteroatoms. The van der Waals surface area contributed by atoms with Gasteiger partial charge in [0.05, 0.1) is 22.6 Å². The molecule has 0 radical (unpaired) electrons. The Labute approximate surface area is 95.7 Å². The Morgan fingerprint density at radius 3 is 2.69 bits per heavy atom. The number of nitrogens with two attached hydrogens (primary N) is 1. The standard InChI is InChI=1S/C10H10ClN3O2/c1-13-7-4-2-3-6(11)8(7)9(15)14(5-12)10(13)16/h2-4H,5,12H2,1H3. The number of halogens is 1. The summed E-state index contributed by atoms with van der Waals surface area (Å²) in [5, 5.41) is 0.636. The quantitative estimate of drug-likeness (QED) is 0.777. The van der Waals surface area contributed by atoms with Crippen LogP contribution in [0.4, 0.5) is 0 Å². The lowest BCUT2D eigenvalue weighted by atomic mass is 10.2. The molecule has 5 nitrogen and oxygen atoms in total. The fraction of sp³-hybridized carbons (Fsp3) is 0.200. The summed E-state index contributed by atoms with van der Waals surface area (Å²) in [4.78, 5) is 23.7. The van der Waals surface area contributed by atoms with E-state index in [2.05, 4.69) is 0 Å². The van der Waals surface area contributed by atoms with Crippen LogP contribution in [0.5, 0.6) is 0 Å². The maximum absolute atomic E-state index is 11.9. The van der Waals surface area contributed by atoms with Crippen molar-refractivity contribution in [2.24, 2.45) is 12.8 Å². The smallest absolute Gasteiger partial charge is 0.313 e. The second-order valence-electron chi connectivity index (χ2n) is 3.39. The third-order valence-electron chi connectivity index (χ3n) is 2.51. The highest BCUT2D eigenvalue weighted by atomic mass is 35.5. The van der Waals surface area contributed by atoms with Crippen LogP contribution in [-0.4, -0.2) is 9.13 Å². The molecule has 0 atom stereocenters. The van der Waals surface area contributed by atoms with E-state index in [1.807, 2.05) is 0 Å². The molecule has 16 heavy (non-hydrogen) atoms. The normalized spacial score (nSPS) is 10.9. The minimum atomic E-state index is -0.453. The van der Waals surface area contributed by atoms with E-state index in [1.165, 1.54) is 4.57 Å². The van der Waals surface area contributed by atoms with E-state index in [1.54, 1.807) is 25.2 Å². The lowest BCUT2D eigenvalue weighted by Crippen LogP contribution is -2.41. The average Bonchev–Trinajstić information content (AvgIpc) is 2.26. The fourth-order valence-corrected chi connectivity index (χ4v) is 1.92. The monoisotopic (exact) mass is 239 g/mol. The van der Waals surface area contributed by atoms with Crippen LogP contribution >= 0.6 is 11.6 Å². The zero-order chi connectivity index (χ0) is 11.9. The van der Waals surface area contributed by atoms with Gasteiger partial charge in [0, 0.05) is 7.05 Å². The molecule has 0 aliphatic carbocycles. The van der Waals surface area contributed by atoms with Crippen molar-refractivity contribution in [3.8, 4) is 0 Å². The van der Waals surface area contributed by atoms with Gasteiger partial charge in [-0.3, -0.25) is 9.36 Å². The molecule has 0 unspecified atom stereocenters. The van der Waals surface area contributed by atoms with Gasteiger partial charge in [-0.25, -0.2) is 9.36 Å². The molecule has 0 saturated carbocycles. The molecule has 84 valence electrons. The minimum Gasteiger partial charge on any atom is -0.313 e. The van der Waals surface area contributed by atoms with E-state index in [9.17, 15) is 9.59 Å². The van der Waals surface area contributed by atoms with Gasteiger partial charge in [-0.15, -0.1) is 0 Å². The van der Waals surface area contributed by atoms with E-state index in [0.717, 1.165) is 4.57 Å². The SMILES string of the molecule is Cn1c(=O)n(CN)c(=O)c2c(Cl)cccc21. The fourth-order valence-electron chi connectivity index (χ4n) is 1.67. The molecular weight excluding hydrogens is 230 g/mol. The van der Waals surface area contributed by atoms with E-state index < -0.39 is 11.2 Å². The molecule has 2 rings (SSSR count). The Morgan fingerprint density at radius 1 is 1.38 bits per heavy atom. The minimum absolute atomic E-state index is 0.160. The van der Waals surface area contributed by atoms with Gasteiger partial charge in [-0.05, 0) is 12.1 Å². The van der Waals surface area contributed by atoms with Gasteiger partial charge in [0.2, 0.25) is 0 Å². The van der Waals surface area contributed by atoms with Gasteiger partial charge in [0.1, 0.15) is 0 Å². The average molecular weight is 240 g/mol. The zero-order valence-corrected chi connectivity index (χ0v) is 9.36. The topological polar surface area (TPSA) is 70.0 Å². The Hall–Kier alpha value is -1.59. The summed E-state index contributed by atoms with van der Waals surface area (Å²) in [6.07, 6.45) is 0. The number of benzene rings is 1. The van der Waals surface area contributed by atoms with Crippen molar-refractivity contribution in [2.75, 3.05) is 0 Å². The van der Waals surface area contributed by atoms with Crippen molar-refractivity contribution in [1.29, 1.82) is 0 Å². The van der Waals surface area contributed by atoms with Crippen LogP contribution in [0.2, 0.25) is 5.02 Å². The molecule has 2 aromatic rings. The molecule has 0 amide bonds. The number of rotatable bonds is 1. The Kier molecular flexibility index (Phi) is 2.57. The number of nitrogens with zero attached hydrogens (tertiary/aromatic N) is 2. The highest BCUT2D eigenvalue weighted by Crippen LogP contribution is 2.17. The number of aromatic nitrogens is 2. The number of fused-ring (bicyclic) bond motifs is 1. The van der Waals surface area contributed by atoms with Crippen molar-refractivity contribution in [1.82, 2.24) is 9.13 Å². The maximum Gasteiger partial charge on any atom is 0.332 e. The Bertz CT molecular complexity index is 672. The molecule has 0 saturated heterocycles. The first-order valence-corrected chi connectivity index (χ1v) is 5.04. The van der Waals surface area contributed by atoms with Crippen LogP contribution in [0, 0.1) is 0 Å². The highest BCUT2D eigenvalue weighted by Gasteiger charge is 2.11. The number of hydrogen-bond donors (Lipinski definition) is 1. The Balaban J connectivity index is 3.16. The van der Waals surface area contributed by atoms with Gasteiger partial charge in [-0.1, -0.05) is 17.7 Å². The summed E-state index contributed by atoms with van der Waals surface area (Å²) >= 11 is 5.95. The van der Waals surface area contributed by atoms with E-state index >= 15 is 0 Å². The summed E-state index contributed by atoms with van der Waals surface area (Å²) in [6, 6.07) is 4.97. The second-order valence-corrected chi connectivity index (χ2v) is 3.80. The second kappa shape index (κ2) is 3.77. The van der Waals surface area contributed by atoms with Gasteiger partial charge in [-0.2, -0.15) is 0 Å². The first-order chi connectivity index (χ1) is 7.57. The lowest BCUT2D eigenvalue weighted by Gasteiger charge is -2.09. The van der Waals surface area contributed by atoms with Crippen LogP contribution in [0.25, 0.3) is 10.9 Å². The predicted octanol–water partition coefficient (Wildman–Crippen LogP) is 0.270. The molecule has 2 N–H and O–H groups in total. The van der Waals surface area contributed by atoms with E-state index in [0.29, 0.717) is 15.9 Å². The largest absolute Gasteiger partial charge is 0.332 e. The van der Waals surface area contributed by atoms with Crippen molar-refractivity contribution in [3.63, 3.8) is 0 Å². The van der Waals surface area contributed by atoms with Crippen LogP contribution in [-0.2, 0) is 13.7 Å². The third kappa shape index (κ3) is 1.36. The summed E-state index contributed by atoms with van der Waals surface area (Å²) in [5.41, 5.74) is 4.98. The molecule has 1 aromatic heterocycles. The van der Waals surface area contributed by atoms with Crippen LogP contribution in [0.1, 0.15) is 0 Å². The molecular formula is C10H10ClN3O2. The van der Waals surface area contributed by atoms with E-state index in [-0.39, 0.29) is 6.67 Å². The third-order valence-corrected chi connectivity index (χ3v) is 2.83. The van der Waals surface area contributed by atoms with Gasteiger partial charge >= 0.3 is 5.69 Å². The van der Waals surface area contributed by atoms with Gasteiger partial charge in [0.15, 0.2) is 0 Å². The Morgan fingerprint density at radius 2 is 2.06 bits per heavy atom. The molecule has 0 aliphatic rings. The van der Waals surface area contributed by atoms with Gasteiger partial charge in [0.25, 0.3) is 5.56 Å². The van der Waals surface area contributed by atoms with Crippen molar-refractivity contribution in [3.05, 3.63) is 44.1 Å².